The number of nitrogens with zero attached hydrogens (tertiary/aromatic N) is 2. The topological polar surface area (TPSA) is 8.81 Å². The number of hydrogen-bond donors (Lipinski definition) is 0. The van der Waals surface area contributed by atoms with Crippen molar-refractivity contribution in [1.29, 1.82) is 0 Å². The minimum Gasteiger partial charge on any atom is -0.234 e. The number of hydrogen-bond acceptors (Lipinski definition) is 0. The lowest BCUT2D eigenvalue weighted by molar-refractivity contribution is -0.715. The Bertz CT molecular complexity index is 274. The van der Waals surface area contributed by atoms with Gasteiger partial charge in [-0.15, -0.1) is 0 Å². The van der Waals surface area contributed by atoms with Crippen molar-refractivity contribution in [3.8, 4) is 0 Å². The fourth-order valence-electron chi connectivity index (χ4n) is 1.89. The molecule has 2 nitrogen and oxygen atoms in total. The Morgan fingerprint density at radius 3 is 2.44 bits per heavy atom. The van der Waals surface area contributed by atoms with Gasteiger partial charge in [-0.2, -0.15) is 0 Å². The zero-order valence-electron chi connectivity index (χ0n) is 11.4. The van der Waals surface area contributed by atoms with Gasteiger partial charge in [-0.05, 0) is 26.7 Å². The second kappa shape index (κ2) is 6.72. The van der Waals surface area contributed by atoms with Gasteiger partial charge in [0.2, 0.25) is 6.33 Å². The Morgan fingerprint density at radius 2 is 1.88 bits per heavy atom. The molecule has 0 fully saturated rings. The number of unbranched alkanes of at least 4 members (excludes halogenated alkanes) is 2. The SMILES string of the molecule is CCCCc1c[n+](C(C)C)cn1CCCC. The molecular formula is C14H27N2+. The molecule has 2 heteroatoms. The maximum atomic E-state index is 2.44. The zero-order valence-corrected chi connectivity index (χ0v) is 11.4. The van der Waals surface area contributed by atoms with Crippen molar-refractivity contribution in [2.45, 2.75) is 72.4 Å². The fraction of sp³-hybridized carbons (Fsp3) is 0.786. The van der Waals surface area contributed by atoms with Gasteiger partial charge >= 0.3 is 0 Å². The maximum Gasteiger partial charge on any atom is 0.244 e. The van der Waals surface area contributed by atoms with Crippen molar-refractivity contribution in [3.05, 3.63) is 18.2 Å². The molecule has 0 aliphatic carbocycles. The van der Waals surface area contributed by atoms with Gasteiger partial charge in [0.15, 0.2) is 0 Å². The highest BCUT2D eigenvalue weighted by atomic mass is 15.1. The predicted octanol–water partition coefficient (Wildman–Crippen LogP) is 3.50. The predicted molar refractivity (Wildman–Crippen MR) is 68.5 cm³/mol. The average molecular weight is 223 g/mol. The number of aryl methyl sites for hydroxylation is 2. The average Bonchev–Trinajstić information content (AvgIpc) is 2.67. The molecule has 0 saturated heterocycles. The summed E-state index contributed by atoms with van der Waals surface area (Å²) in [5, 5.41) is 0. The van der Waals surface area contributed by atoms with Crippen LogP contribution in [0.5, 0.6) is 0 Å². The first kappa shape index (κ1) is 13.3. The summed E-state index contributed by atoms with van der Waals surface area (Å²) in [5.74, 6) is 0. The van der Waals surface area contributed by atoms with Gasteiger partial charge < -0.3 is 0 Å². The molecular weight excluding hydrogens is 196 g/mol. The van der Waals surface area contributed by atoms with Gasteiger partial charge in [0.25, 0.3) is 0 Å². The Hall–Kier alpha value is -0.790. The van der Waals surface area contributed by atoms with Crippen molar-refractivity contribution in [2.75, 3.05) is 0 Å². The molecule has 1 aromatic heterocycles. The van der Waals surface area contributed by atoms with Crippen molar-refractivity contribution in [1.82, 2.24) is 4.57 Å². The van der Waals surface area contributed by atoms with E-state index in [1.54, 1.807) is 0 Å². The van der Waals surface area contributed by atoms with Gasteiger partial charge in [-0.25, -0.2) is 9.13 Å². The lowest BCUT2D eigenvalue weighted by atomic mass is 10.2. The highest BCUT2D eigenvalue weighted by Gasteiger charge is 2.14. The van der Waals surface area contributed by atoms with Crippen LogP contribution in [-0.2, 0) is 13.0 Å². The standard InChI is InChI=1S/C14H27N2/c1-5-7-9-14-11-16(13(3)4)12-15(14)10-8-6-2/h11-13H,5-10H2,1-4H3/q+1. The van der Waals surface area contributed by atoms with E-state index < -0.39 is 0 Å². The smallest absolute Gasteiger partial charge is 0.234 e. The van der Waals surface area contributed by atoms with Crippen LogP contribution >= 0.6 is 0 Å². The van der Waals surface area contributed by atoms with E-state index in [4.69, 9.17) is 0 Å². The number of rotatable bonds is 7. The Morgan fingerprint density at radius 1 is 1.19 bits per heavy atom. The molecule has 0 aliphatic heterocycles. The van der Waals surface area contributed by atoms with E-state index in [1.807, 2.05) is 0 Å². The van der Waals surface area contributed by atoms with Crippen molar-refractivity contribution >= 4 is 0 Å². The number of aromatic nitrogens is 2. The summed E-state index contributed by atoms with van der Waals surface area (Å²) >= 11 is 0. The van der Waals surface area contributed by atoms with Crippen LogP contribution in [0.3, 0.4) is 0 Å². The molecule has 0 radical (unpaired) electrons. The van der Waals surface area contributed by atoms with E-state index in [0.29, 0.717) is 6.04 Å². The molecule has 0 unspecified atom stereocenters. The molecule has 1 rings (SSSR count). The quantitative estimate of drug-likeness (QED) is 0.626. The second-order valence-electron chi connectivity index (χ2n) is 4.93. The van der Waals surface area contributed by atoms with E-state index in [0.717, 1.165) is 0 Å². The van der Waals surface area contributed by atoms with E-state index in [9.17, 15) is 0 Å². The van der Waals surface area contributed by atoms with Crippen LogP contribution in [0.15, 0.2) is 12.5 Å². The molecule has 0 bridgehead atoms. The van der Waals surface area contributed by atoms with Gasteiger partial charge in [0.05, 0.1) is 12.6 Å². The molecule has 92 valence electrons. The molecule has 0 spiro atoms. The zero-order chi connectivity index (χ0) is 12.0. The Labute approximate surface area is 100 Å². The Kier molecular flexibility index (Phi) is 5.58. The van der Waals surface area contributed by atoms with Crippen LogP contribution < -0.4 is 4.57 Å². The largest absolute Gasteiger partial charge is 0.244 e. The van der Waals surface area contributed by atoms with Crippen LogP contribution in [0.4, 0.5) is 0 Å². The van der Waals surface area contributed by atoms with E-state index in [-0.39, 0.29) is 0 Å². The summed E-state index contributed by atoms with van der Waals surface area (Å²) in [6.07, 6.45) is 11.0. The molecule has 1 heterocycles. The summed E-state index contributed by atoms with van der Waals surface area (Å²) in [4.78, 5) is 0. The van der Waals surface area contributed by atoms with Crippen LogP contribution in [0.25, 0.3) is 0 Å². The summed E-state index contributed by atoms with van der Waals surface area (Å²) < 4.78 is 4.78. The molecule has 0 atom stereocenters. The van der Waals surface area contributed by atoms with Crippen LogP contribution in [0.2, 0.25) is 0 Å². The summed E-state index contributed by atoms with van der Waals surface area (Å²) in [5.41, 5.74) is 1.50. The number of imidazole rings is 1. The lowest BCUT2D eigenvalue weighted by Gasteiger charge is -1.99. The third kappa shape index (κ3) is 3.66. The first-order valence-corrected chi connectivity index (χ1v) is 6.78. The molecule has 0 N–H and O–H groups in total. The van der Waals surface area contributed by atoms with E-state index >= 15 is 0 Å². The first-order chi connectivity index (χ1) is 7.69. The minimum atomic E-state index is 0.572. The molecule has 0 aromatic carbocycles. The first-order valence-electron chi connectivity index (χ1n) is 6.78. The van der Waals surface area contributed by atoms with Crippen LogP contribution in [-0.4, -0.2) is 4.57 Å². The molecule has 16 heavy (non-hydrogen) atoms. The molecule has 0 aliphatic rings. The summed E-state index contributed by atoms with van der Waals surface area (Å²) in [7, 11) is 0. The van der Waals surface area contributed by atoms with Crippen LogP contribution in [0.1, 0.15) is 65.1 Å². The van der Waals surface area contributed by atoms with Gasteiger partial charge in [0.1, 0.15) is 11.9 Å². The third-order valence-electron chi connectivity index (χ3n) is 3.08. The highest BCUT2D eigenvalue weighted by molar-refractivity contribution is 4.94. The van der Waals surface area contributed by atoms with Crippen molar-refractivity contribution in [2.24, 2.45) is 0 Å². The van der Waals surface area contributed by atoms with Gasteiger partial charge in [-0.3, -0.25) is 0 Å². The fourth-order valence-corrected chi connectivity index (χ4v) is 1.89. The van der Waals surface area contributed by atoms with Crippen molar-refractivity contribution in [3.63, 3.8) is 0 Å². The molecule has 0 amide bonds. The second-order valence-corrected chi connectivity index (χ2v) is 4.93. The monoisotopic (exact) mass is 223 g/mol. The van der Waals surface area contributed by atoms with Gasteiger partial charge in [0, 0.05) is 6.42 Å². The summed E-state index contributed by atoms with van der Waals surface area (Å²) in [6, 6.07) is 0.572. The normalized spacial score (nSPS) is 11.3. The Balaban J connectivity index is 2.75. The third-order valence-corrected chi connectivity index (χ3v) is 3.08. The molecule has 0 saturated carbocycles. The minimum absolute atomic E-state index is 0.572. The van der Waals surface area contributed by atoms with E-state index in [2.05, 4.69) is 49.4 Å². The van der Waals surface area contributed by atoms with E-state index in [1.165, 1.54) is 44.3 Å². The van der Waals surface area contributed by atoms with Crippen molar-refractivity contribution < 1.29 is 4.57 Å². The van der Waals surface area contributed by atoms with Gasteiger partial charge in [-0.1, -0.05) is 26.7 Å². The summed E-state index contributed by atoms with van der Waals surface area (Å²) in [6.45, 7) is 10.2. The highest BCUT2D eigenvalue weighted by Crippen LogP contribution is 2.07. The molecule has 1 aromatic rings. The lowest BCUT2D eigenvalue weighted by Crippen LogP contribution is -2.33. The maximum absolute atomic E-state index is 2.44. The van der Waals surface area contributed by atoms with Crippen LogP contribution in [0, 0.1) is 0 Å².